The van der Waals surface area contributed by atoms with Crippen molar-refractivity contribution >= 4 is 51.7 Å². The number of carbonyl (C=O) groups excluding carboxylic acids is 2. The average Bonchev–Trinajstić information content (AvgIpc) is 3.27. The number of nitrogens with one attached hydrogen (secondary N) is 1. The lowest BCUT2D eigenvalue weighted by atomic mass is 10.1. The standard InChI is InChI=1S/C21H14ClFN2O2S/c1-12-15(22)4-2-5-16(12)24-19-18(17-6-3-11-28-17)20(26)25(21(19)27)14-9-7-13(23)8-10-14/h2-11,24H,1H3. The number of benzene rings is 2. The molecule has 1 aliphatic heterocycles. The van der Waals surface area contributed by atoms with Crippen molar-refractivity contribution in [2.45, 2.75) is 6.92 Å². The number of thiophene rings is 1. The van der Waals surface area contributed by atoms with Crippen LogP contribution in [0.25, 0.3) is 5.57 Å². The van der Waals surface area contributed by atoms with E-state index >= 15 is 0 Å². The number of rotatable bonds is 4. The molecule has 2 aromatic carbocycles. The highest BCUT2D eigenvalue weighted by Crippen LogP contribution is 2.36. The van der Waals surface area contributed by atoms with Crippen LogP contribution in [0.5, 0.6) is 0 Å². The molecule has 1 aliphatic rings. The summed E-state index contributed by atoms with van der Waals surface area (Å²) < 4.78 is 13.3. The Hall–Kier alpha value is -2.96. The fourth-order valence-corrected chi connectivity index (χ4v) is 3.94. The Morgan fingerprint density at radius 1 is 1.00 bits per heavy atom. The van der Waals surface area contributed by atoms with Crippen LogP contribution in [0.1, 0.15) is 10.4 Å². The third-order valence-electron chi connectivity index (χ3n) is 4.46. The molecule has 0 atom stereocenters. The van der Waals surface area contributed by atoms with Crippen molar-refractivity contribution in [3.8, 4) is 0 Å². The van der Waals surface area contributed by atoms with Gasteiger partial charge in [0.05, 0.1) is 11.3 Å². The molecule has 0 fully saturated rings. The van der Waals surface area contributed by atoms with Crippen LogP contribution in [0.3, 0.4) is 0 Å². The van der Waals surface area contributed by atoms with Gasteiger partial charge >= 0.3 is 0 Å². The third-order valence-corrected chi connectivity index (χ3v) is 5.76. The Morgan fingerprint density at radius 3 is 2.43 bits per heavy atom. The van der Waals surface area contributed by atoms with Crippen molar-refractivity contribution in [2.24, 2.45) is 0 Å². The molecule has 1 N–H and O–H groups in total. The van der Waals surface area contributed by atoms with Crippen molar-refractivity contribution in [1.29, 1.82) is 0 Å². The lowest BCUT2D eigenvalue weighted by Gasteiger charge is -2.16. The van der Waals surface area contributed by atoms with E-state index in [4.69, 9.17) is 11.6 Å². The second-order valence-electron chi connectivity index (χ2n) is 6.19. The zero-order valence-corrected chi connectivity index (χ0v) is 16.3. The summed E-state index contributed by atoms with van der Waals surface area (Å²) in [6.07, 6.45) is 0. The van der Waals surface area contributed by atoms with Gasteiger partial charge in [0.2, 0.25) is 0 Å². The van der Waals surface area contributed by atoms with E-state index in [0.29, 0.717) is 21.3 Å². The number of hydrogen-bond donors (Lipinski definition) is 1. The predicted molar refractivity (Wildman–Crippen MR) is 110 cm³/mol. The van der Waals surface area contributed by atoms with Gasteiger partial charge in [-0.1, -0.05) is 23.7 Å². The van der Waals surface area contributed by atoms with Crippen LogP contribution in [-0.4, -0.2) is 11.8 Å². The fraction of sp³-hybridized carbons (Fsp3) is 0.0476. The van der Waals surface area contributed by atoms with Crippen molar-refractivity contribution in [2.75, 3.05) is 10.2 Å². The molecule has 0 saturated carbocycles. The monoisotopic (exact) mass is 412 g/mol. The molecule has 7 heteroatoms. The molecular weight excluding hydrogens is 399 g/mol. The minimum absolute atomic E-state index is 0.169. The molecule has 0 aliphatic carbocycles. The quantitative estimate of drug-likeness (QED) is 0.596. The summed E-state index contributed by atoms with van der Waals surface area (Å²) in [5, 5.41) is 5.48. The lowest BCUT2D eigenvalue weighted by Crippen LogP contribution is -2.32. The van der Waals surface area contributed by atoms with Gasteiger partial charge in [-0.3, -0.25) is 9.59 Å². The van der Waals surface area contributed by atoms with E-state index in [0.717, 1.165) is 10.5 Å². The first-order valence-electron chi connectivity index (χ1n) is 8.42. The van der Waals surface area contributed by atoms with Crippen molar-refractivity contribution in [1.82, 2.24) is 0 Å². The number of amides is 2. The molecule has 0 saturated heterocycles. The maximum absolute atomic E-state index is 13.3. The average molecular weight is 413 g/mol. The molecule has 4 nitrogen and oxygen atoms in total. The molecule has 140 valence electrons. The van der Waals surface area contributed by atoms with E-state index in [-0.39, 0.29) is 11.3 Å². The van der Waals surface area contributed by atoms with Gasteiger partial charge < -0.3 is 5.32 Å². The number of anilines is 2. The molecule has 2 heterocycles. The smallest absolute Gasteiger partial charge is 0.282 e. The topological polar surface area (TPSA) is 49.4 Å². The van der Waals surface area contributed by atoms with Crippen LogP contribution in [0.15, 0.2) is 65.7 Å². The highest BCUT2D eigenvalue weighted by molar-refractivity contribution is 7.11. The Morgan fingerprint density at radius 2 is 1.75 bits per heavy atom. The van der Waals surface area contributed by atoms with E-state index in [9.17, 15) is 14.0 Å². The normalized spacial score (nSPS) is 14.2. The van der Waals surface area contributed by atoms with Crippen molar-refractivity contribution in [3.05, 3.63) is 87.0 Å². The minimum Gasteiger partial charge on any atom is -0.350 e. The Kier molecular flexibility index (Phi) is 4.75. The largest absolute Gasteiger partial charge is 0.350 e. The molecule has 2 amide bonds. The van der Waals surface area contributed by atoms with Gasteiger partial charge in [0.1, 0.15) is 11.5 Å². The van der Waals surface area contributed by atoms with Crippen LogP contribution < -0.4 is 10.2 Å². The van der Waals surface area contributed by atoms with Crippen molar-refractivity contribution in [3.63, 3.8) is 0 Å². The molecular formula is C21H14ClFN2O2S. The van der Waals surface area contributed by atoms with Crippen LogP contribution in [0.2, 0.25) is 5.02 Å². The molecule has 0 unspecified atom stereocenters. The third kappa shape index (κ3) is 3.10. The Labute approximate surface area is 169 Å². The SMILES string of the molecule is Cc1c(Cl)cccc1NC1=C(c2cccs2)C(=O)N(c2ccc(F)cc2)C1=O. The summed E-state index contributed by atoms with van der Waals surface area (Å²) in [5.74, 6) is -1.40. The van der Waals surface area contributed by atoms with E-state index in [1.807, 2.05) is 18.4 Å². The number of nitrogens with zero attached hydrogens (tertiary/aromatic N) is 1. The molecule has 3 aromatic rings. The van der Waals surface area contributed by atoms with Crippen LogP contribution in [0, 0.1) is 12.7 Å². The maximum atomic E-state index is 13.3. The molecule has 28 heavy (non-hydrogen) atoms. The van der Waals surface area contributed by atoms with Gasteiger partial charge in [-0.05, 0) is 60.3 Å². The summed E-state index contributed by atoms with van der Waals surface area (Å²) in [6, 6.07) is 14.2. The first-order chi connectivity index (χ1) is 13.5. The van der Waals surface area contributed by atoms with Crippen molar-refractivity contribution < 1.29 is 14.0 Å². The van der Waals surface area contributed by atoms with Gasteiger partial charge in [0.15, 0.2) is 0 Å². The second kappa shape index (κ2) is 7.22. The van der Waals surface area contributed by atoms with Gasteiger partial charge in [-0.25, -0.2) is 9.29 Å². The summed E-state index contributed by atoms with van der Waals surface area (Å²) in [6.45, 7) is 1.83. The molecule has 0 radical (unpaired) electrons. The minimum atomic E-state index is -0.501. The van der Waals surface area contributed by atoms with E-state index in [1.165, 1.54) is 35.6 Å². The predicted octanol–water partition coefficient (Wildman–Crippen LogP) is 5.25. The second-order valence-corrected chi connectivity index (χ2v) is 7.54. The van der Waals surface area contributed by atoms with E-state index < -0.39 is 17.6 Å². The Balaban J connectivity index is 1.82. The molecule has 4 rings (SSSR count). The fourth-order valence-electron chi connectivity index (χ4n) is 3.00. The van der Waals surface area contributed by atoms with Gasteiger partial charge in [-0.15, -0.1) is 11.3 Å². The molecule has 0 spiro atoms. The zero-order valence-electron chi connectivity index (χ0n) is 14.7. The van der Waals surface area contributed by atoms with Gasteiger partial charge in [0, 0.05) is 15.6 Å². The first kappa shape index (κ1) is 18.4. The van der Waals surface area contributed by atoms with Gasteiger partial charge in [-0.2, -0.15) is 0 Å². The summed E-state index contributed by atoms with van der Waals surface area (Å²) in [5.41, 5.74) is 2.16. The van der Waals surface area contributed by atoms with Crippen LogP contribution in [0.4, 0.5) is 15.8 Å². The number of hydrogen-bond acceptors (Lipinski definition) is 4. The lowest BCUT2D eigenvalue weighted by molar-refractivity contribution is -0.120. The van der Waals surface area contributed by atoms with E-state index in [2.05, 4.69) is 5.32 Å². The maximum Gasteiger partial charge on any atom is 0.282 e. The number of halogens is 2. The highest BCUT2D eigenvalue weighted by Gasteiger charge is 2.40. The zero-order chi connectivity index (χ0) is 19.8. The highest BCUT2D eigenvalue weighted by atomic mass is 35.5. The Bertz CT molecular complexity index is 1110. The van der Waals surface area contributed by atoms with Crippen LogP contribution in [-0.2, 0) is 9.59 Å². The molecule has 0 bridgehead atoms. The summed E-state index contributed by atoms with van der Waals surface area (Å²) in [7, 11) is 0. The number of carbonyl (C=O) groups is 2. The van der Waals surface area contributed by atoms with Gasteiger partial charge in [0.25, 0.3) is 11.8 Å². The summed E-state index contributed by atoms with van der Waals surface area (Å²) in [4.78, 5) is 28.0. The first-order valence-corrected chi connectivity index (χ1v) is 9.68. The molecule has 1 aromatic heterocycles. The van der Waals surface area contributed by atoms with Crippen LogP contribution >= 0.6 is 22.9 Å². The number of imide groups is 1. The summed E-state index contributed by atoms with van der Waals surface area (Å²) >= 11 is 7.55. The van der Waals surface area contributed by atoms with E-state index in [1.54, 1.807) is 24.3 Å².